The molecule has 1 aromatic rings. The molecule has 1 fully saturated rings. The highest BCUT2D eigenvalue weighted by Crippen LogP contribution is 2.27. The molecule has 0 aliphatic carbocycles. The Labute approximate surface area is 165 Å². The highest BCUT2D eigenvalue weighted by molar-refractivity contribution is 5.93. The second-order valence-corrected chi connectivity index (χ2v) is 6.45. The van der Waals surface area contributed by atoms with Crippen molar-refractivity contribution < 1.29 is 33.9 Å². The molecule has 0 aromatic heterocycles. The molecule has 3 N–H and O–H groups in total. The van der Waals surface area contributed by atoms with Crippen LogP contribution in [0.15, 0.2) is 24.3 Å². The molecule has 0 radical (unpaired) electrons. The largest absolute Gasteiger partial charge is 0.480 e. The molecule has 1 heterocycles. The van der Waals surface area contributed by atoms with Gasteiger partial charge in [-0.25, -0.2) is 4.79 Å². The van der Waals surface area contributed by atoms with E-state index in [2.05, 4.69) is 10.6 Å². The first kappa shape index (κ1) is 21.8. The molecule has 0 bridgehead atoms. The fourth-order valence-electron chi connectivity index (χ4n) is 3.07. The highest BCUT2D eigenvalue weighted by Gasteiger charge is 2.36. The lowest BCUT2D eigenvalue weighted by atomic mass is 9.88. The Morgan fingerprint density at radius 2 is 2.00 bits per heavy atom. The first-order valence-electron chi connectivity index (χ1n) is 8.95. The number of amides is 2. The summed E-state index contributed by atoms with van der Waals surface area (Å²) < 4.78 is 4.89. The van der Waals surface area contributed by atoms with Gasteiger partial charge in [0, 0.05) is 24.5 Å². The summed E-state index contributed by atoms with van der Waals surface area (Å²) in [5, 5.41) is 25.3. The third-order valence-corrected chi connectivity index (χ3v) is 4.50. The van der Waals surface area contributed by atoms with E-state index >= 15 is 0 Å². The van der Waals surface area contributed by atoms with Crippen molar-refractivity contribution >= 4 is 29.4 Å². The number of esters is 1. The van der Waals surface area contributed by atoms with Gasteiger partial charge in [0.2, 0.25) is 11.8 Å². The fraction of sp³-hybridized carbons (Fsp3) is 0.444. The van der Waals surface area contributed by atoms with Crippen LogP contribution in [0.5, 0.6) is 0 Å². The van der Waals surface area contributed by atoms with Gasteiger partial charge in [-0.1, -0.05) is 12.1 Å². The third-order valence-electron chi connectivity index (χ3n) is 4.50. The van der Waals surface area contributed by atoms with Gasteiger partial charge in [0.25, 0.3) is 5.69 Å². The van der Waals surface area contributed by atoms with Gasteiger partial charge in [-0.2, -0.15) is 0 Å². The number of aliphatic carboxylic acids is 1. The van der Waals surface area contributed by atoms with Crippen LogP contribution in [0.3, 0.4) is 0 Å². The van der Waals surface area contributed by atoms with Gasteiger partial charge in [0.15, 0.2) is 0 Å². The minimum absolute atomic E-state index is 0.0873. The summed E-state index contributed by atoms with van der Waals surface area (Å²) in [4.78, 5) is 57.9. The van der Waals surface area contributed by atoms with E-state index in [1.165, 1.54) is 24.3 Å². The van der Waals surface area contributed by atoms with E-state index in [-0.39, 0.29) is 37.5 Å². The van der Waals surface area contributed by atoms with E-state index in [1.807, 2.05) is 0 Å². The summed E-state index contributed by atoms with van der Waals surface area (Å²) in [5.41, 5.74) is 0.111. The molecule has 3 atom stereocenters. The molecule has 2 rings (SSSR count). The van der Waals surface area contributed by atoms with Crippen LogP contribution in [0.2, 0.25) is 0 Å². The van der Waals surface area contributed by atoms with Crippen LogP contribution in [0.1, 0.15) is 37.7 Å². The Bertz CT molecular complexity index is 808. The zero-order valence-electron chi connectivity index (χ0n) is 15.6. The molecule has 1 aromatic carbocycles. The van der Waals surface area contributed by atoms with E-state index in [9.17, 15) is 34.4 Å². The minimum atomic E-state index is -1.51. The van der Waals surface area contributed by atoms with Crippen molar-refractivity contribution in [2.75, 3.05) is 6.61 Å². The Kier molecular flexibility index (Phi) is 7.23. The van der Waals surface area contributed by atoms with E-state index in [0.29, 0.717) is 5.56 Å². The van der Waals surface area contributed by atoms with Crippen molar-refractivity contribution in [2.24, 2.45) is 0 Å². The van der Waals surface area contributed by atoms with Crippen molar-refractivity contribution in [3.05, 3.63) is 39.9 Å². The van der Waals surface area contributed by atoms with Crippen molar-refractivity contribution in [3.63, 3.8) is 0 Å². The number of hydrogen-bond acceptors (Lipinski definition) is 7. The number of carbonyl (C=O) groups is 4. The zero-order valence-corrected chi connectivity index (χ0v) is 15.6. The van der Waals surface area contributed by atoms with Gasteiger partial charge in [0.05, 0.1) is 18.0 Å². The lowest BCUT2D eigenvalue weighted by Gasteiger charge is -2.26. The number of nitrogens with one attached hydrogen (secondary N) is 2. The van der Waals surface area contributed by atoms with Crippen molar-refractivity contribution in [1.82, 2.24) is 10.6 Å². The molecule has 1 aliphatic rings. The quantitative estimate of drug-likeness (QED) is 0.302. The lowest BCUT2D eigenvalue weighted by Crippen LogP contribution is -2.51. The number of non-ortho nitro benzene ring substituents is 1. The minimum Gasteiger partial charge on any atom is -0.480 e. The van der Waals surface area contributed by atoms with E-state index in [0.717, 1.165) is 0 Å². The first-order chi connectivity index (χ1) is 13.7. The number of nitrogens with zero attached hydrogens (tertiary/aromatic N) is 1. The second-order valence-electron chi connectivity index (χ2n) is 6.45. The van der Waals surface area contributed by atoms with Crippen molar-refractivity contribution in [1.29, 1.82) is 0 Å². The van der Waals surface area contributed by atoms with Gasteiger partial charge < -0.3 is 20.5 Å². The third kappa shape index (κ3) is 5.74. The van der Waals surface area contributed by atoms with Crippen LogP contribution in [0.4, 0.5) is 5.69 Å². The monoisotopic (exact) mass is 407 g/mol. The van der Waals surface area contributed by atoms with Gasteiger partial charge in [0.1, 0.15) is 12.1 Å². The molecule has 11 nitrogen and oxygen atoms in total. The summed E-state index contributed by atoms with van der Waals surface area (Å²) >= 11 is 0. The SMILES string of the molecule is CCOC(=O)C[C@@H](c1ccc([N+](=O)[O-])cc1)[C@H](NC(=O)[C@@H]1CCC(=O)N1)C(=O)O. The van der Waals surface area contributed by atoms with Gasteiger partial charge >= 0.3 is 11.9 Å². The molecule has 29 heavy (non-hydrogen) atoms. The van der Waals surface area contributed by atoms with Gasteiger partial charge in [-0.15, -0.1) is 0 Å². The molecule has 0 saturated carbocycles. The number of nitro groups is 1. The number of carboxylic acid groups (broad SMARTS) is 1. The van der Waals surface area contributed by atoms with Crippen LogP contribution in [0.25, 0.3) is 0 Å². The van der Waals surface area contributed by atoms with Crippen LogP contribution in [-0.4, -0.2) is 52.5 Å². The number of hydrogen-bond donors (Lipinski definition) is 3. The Morgan fingerprint density at radius 1 is 1.34 bits per heavy atom. The molecular weight excluding hydrogens is 386 g/mol. The highest BCUT2D eigenvalue weighted by atomic mass is 16.6. The molecule has 1 saturated heterocycles. The van der Waals surface area contributed by atoms with Crippen LogP contribution < -0.4 is 10.6 Å². The average molecular weight is 407 g/mol. The number of carboxylic acids is 1. The maximum absolute atomic E-state index is 12.4. The molecule has 0 spiro atoms. The van der Waals surface area contributed by atoms with Gasteiger partial charge in [-0.3, -0.25) is 24.5 Å². The maximum atomic E-state index is 12.4. The van der Waals surface area contributed by atoms with Crippen LogP contribution in [-0.2, 0) is 23.9 Å². The van der Waals surface area contributed by atoms with Crippen molar-refractivity contribution in [3.8, 4) is 0 Å². The number of benzene rings is 1. The number of carbonyl (C=O) groups excluding carboxylic acids is 3. The molecule has 1 aliphatic heterocycles. The summed E-state index contributed by atoms with van der Waals surface area (Å²) in [7, 11) is 0. The number of rotatable bonds is 9. The average Bonchev–Trinajstić information content (AvgIpc) is 3.11. The second kappa shape index (κ2) is 9.62. The molecule has 2 amide bonds. The lowest BCUT2D eigenvalue weighted by molar-refractivity contribution is -0.384. The van der Waals surface area contributed by atoms with Crippen LogP contribution >= 0.6 is 0 Å². The number of nitro benzene ring substituents is 1. The van der Waals surface area contributed by atoms with Crippen molar-refractivity contribution in [2.45, 2.75) is 44.2 Å². The Balaban J connectivity index is 2.30. The van der Waals surface area contributed by atoms with E-state index in [4.69, 9.17) is 4.74 Å². The van der Waals surface area contributed by atoms with Crippen LogP contribution in [0, 0.1) is 10.1 Å². The summed E-state index contributed by atoms with van der Waals surface area (Å²) in [6.45, 7) is 1.68. The molecule has 0 unspecified atom stereocenters. The van der Waals surface area contributed by atoms with E-state index in [1.54, 1.807) is 6.92 Å². The predicted octanol–water partition coefficient (Wildman–Crippen LogP) is 0.480. The Hall–Kier alpha value is -3.50. The maximum Gasteiger partial charge on any atom is 0.326 e. The summed E-state index contributed by atoms with van der Waals surface area (Å²) in [5.74, 6) is -4.09. The first-order valence-corrected chi connectivity index (χ1v) is 8.95. The summed E-state index contributed by atoms with van der Waals surface area (Å²) in [6.07, 6.45) is 0.0292. The normalized spacial score (nSPS) is 17.7. The standard InChI is InChI=1S/C18H21N3O8/c1-2-29-15(23)9-12(10-3-5-11(6-4-10)21(27)28)16(18(25)26)20-17(24)13-7-8-14(22)19-13/h3-6,12-13,16H,2,7-9H2,1H3,(H,19,22)(H,20,24)(H,25,26)/t12-,13-,16-/m0/s1. The molecule has 11 heteroatoms. The molecular formula is C18H21N3O8. The zero-order chi connectivity index (χ0) is 21.6. The topological polar surface area (TPSA) is 165 Å². The smallest absolute Gasteiger partial charge is 0.326 e. The summed E-state index contributed by atoms with van der Waals surface area (Å²) in [6, 6.07) is 2.68. The van der Waals surface area contributed by atoms with Gasteiger partial charge in [-0.05, 0) is 18.9 Å². The Morgan fingerprint density at radius 3 is 2.48 bits per heavy atom. The fourth-order valence-corrected chi connectivity index (χ4v) is 3.07. The predicted molar refractivity (Wildman–Crippen MR) is 97.8 cm³/mol. The van der Waals surface area contributed by atoms with E-state index < -0.39 is 40.8 Å². The number of ether oxygens (including phenoxy) is 1. The molecule has 156 valence electrons.